The van der Waals surface area contributed by atoms with E-state index in [1.54, 1.807) is 7.11 Å². The summed E-state index contributed by atoms with van der Waals surface area (Å²) in [5, 5.41) is 6.90. The second-order valence-electron chi connectivity index (χ2n) is 6.89. The quantitative estimate of drug-likeness (QED) is 0.596. The molecule has 0 unspecified atom stereocenters. The summed E-state index contributed by atoms with van der Waals surface area (Å²) in [6, 6.07) is 15.5. The highest BCUT2D eigenvalue weighted by Crippen LogP contribution is 2.18. The number of aryl methyl sites for hydroxylation is 2. The SMILES string of the molecule is COCc1ccccc1CNC(=O)Cc1ccc(OCc2c(C)noc2C)cc1. The van der Waals surface area contributed by atoms with E-state index in [1.165, 1.54) is 0 Å². The number of amides is 1. The van der Waals surface area contributed by atoms with E-state index in [4.69, 9.17) is 14.0 Å². The molecular formula is C23H26N2O4. The van der Waals surface area contributed by atoms with Gasteiger partial charge in [-0.1, -0.05) is 41.6 Å². The lowest BCUT2D eigenvalue weighted by Crippen LogP contribution is -2.25. The molecule has 1 heterocycles. The van der Waals surface area contributed by atoms with Crippen LogP contribution in [0.15, 0.2) is 53.1 Å². The van der Waals surface area contributed by atoms with E-state index >= 15 is 0 Å². The van der Waals surface area contributed by atoms with Crippen LogP contribution in [0.1, 0.15) is 33.7 Å². The second-order valence-corrected chi connectivity index (χ2v) is 6.89. The fourth-order valence-electron chi connectivity index (χ4n) is 3.03. The minimum atomic E-state index is -0.0263. The van der Waals surface area contributed by atoms with Crippen molar-refractivity contribution in [3.8, 4) is 5.75 Å². The van der Waals surface area contributed by atoms with E-state index in [-0.39, 0.29) is 5.91 Å². The molecule has 6 nitrogen and oxygen atoms in total. The van der Waals surface area contributed by atoms with Crippen molar-refractivity contribution >= 4 is 5.91 Å². The standard InChI is InChI=1S/C23H26N2O4/c1-16-22(17(2)29-25-16)15-28-21-10-8-18(9-11-21)12-23(26)24-13-19-6-4-5-7-20(19)14-27-3/h4-11H,12-15H2,1-3H3,(H,24,26). The normalized spacial score (nSPS) is 10.7. The van der Waals surface area contributed by atoms with Crippen molar-refractivity contribution in [2.45, 2.75) is 40.0 Å². The van der Waals surface area contributed by atoms with Crippen molar-refractivity contribution in [2.75, 3.05) is 7.11 Å². The van der Waals surface area contributed by atoms with Gasteiger partial charge in [0, 0.05) is 13.7 Å². The molecule has 0 aliphatic heterocycles. The Hall–Kier alpha value is -3.12. The van der Waals surface area contributed by atoms with Gasteiger partial charge in [0.05, 0.1) is 24.3 Å². The number of carbonyl (C=O) groups is 1. The second kappa shape index (κ2) is 9.89. The molecular weight excluding hydrogens is 368 g/mol. The maximum atomic E-state index is 12.3. The fraction of sp³-hybridized carbons (Fsp3) is 0.304. The number of carbonyl (C=O) groups excluding carboxylic acids is 1. The number of methoxy groups -OCH3 is 1. The molecule has 0 atom stereocenters. The van der Waals surface area contributed by atoms with E-state index in [2.05, 4.69) is 10.5 Å². The molecule has 0 aliphatic rings. The van der Waals surface area contributed by atoms with Crippen molar-refractivity contribution in [3.63, 3.8) is 0 Å². The van der Waals surface area contributed by atoms with Crippen LogP contribution in [0.25, 0.3) is 0 Å². The Labute approximate surface area is 170 Å². The molecule has 0 fully saturated rings. The summed E-state index contributed by atoms with van der Waals surface area (Å²) >= 11 is 0. The van der Waals surface area contributed by atoms with Gasteiger partial charge in [0.1, 0.15) is 18.1 Å². The van der Waals surface area contributed by atoms with Gasteiger partial charge in [0.2, 0.25) is 5.91 Å². The predicted octanol–water partition coefficient (Wildman–Crippen LogP) is 3.88. The molecule has 0 bridgehead atoms. The molecule has 1 amide bonds. The van der Waals surface area contributed by atoms with E-state index in [1.807, 2.05) is 62.4 Å². The molecule has 0 spiro atoms. The summed E-state index contributed by atoms with van der Waals surface area (Å²) in [7, 11) is 1.66. The van der Waals surface area contributed by atoms with Gasteiger partial charge in [-0.25, -0.2) is 0 Å². The van der Waals surface area contributed by atoms with Gasteiger partial charge in [-0.05, 0) is 42.7 Å². The van der Waals surface area contributed by atoms with Crippen LogP contribution >= 0.6 is 0 Å². The smallest absolute Gasteiger partial charge is 0.224 e. The summed E-state index contributed by atoms with van der Waals surface area (Å²) in [5.41, 5.74) is 4.86. The first-order valence-electron chi connectivity index (χ1n) is 9.52. The van der Waals surface area contributed by atoms with Gasteiger partial charge < -0.3 is 19.3 Å². The lowest BCUT2D eigenvalue weighted by atomic mass is 10.1. The molecule has 6 heteroatoms. The van der Waals surface area contributed by atoms with Crippen LogP contribution in [0.4, 0.5) is 0 Å². The van der Waals surface area contributed by atoms with Crippen LogP contribution in [0, 0.1) is 13.8 Å². The number of rotatable bonds is 9. The molecule has 0 saturated heterocycles. The Morgan fingerprint density at radius 2 is 1.76 bits per heavy atom. The van der Waals surface area contributed by atoms with Crippen LogP contribution in [0.3, 0.4) is 0 Å². The third kappa shape index (κ3) is 5.68. The number of nitrogens with zero attached hydrogens (tertiary/aromatic N) is 1. The Morgan fingerprint density at radius 3 is 2.41 bits per heavy atom. The number of nitrogens with one attached hydrogen (secondary N) is 1. The summed E-state index contributed by atoms with van der Waals surface area (Å²) in [6.45, 7) is 5.18. The molecule has 0 aliphatic carbocycles. The number of aromatic nitrogens is 1. The van der Waals surface area contributed by atoms with Crippen molar-refractivity contribution in [3.05, 3.63) is 82.2 Å². The highest BCUT2D eigenvalue weighted by atomic mass is 16.5. The molecule has 1 N–H and O–H groups in total. The number of hydrogen-bond acceptors (Lipinski definition) is 5. The molecule has 0 saturated carbocycles. The average Bonchev–Trinajstić information content (AvgIpc) is 3.04. The Kier molecular flexibility index (Phi) is 7.03. The topological polar surface area (TPSA) is 73.6 Å². The van der Waals surface area contributed by atoms with Crippen LogP contribution in [0.2, 0.25) is 0 Å². The van der Waals surface area contributed by atoms with Crippen molar-refractivity contribution in [2.24, 2.45) is 0 Å². The summed E-state index contributed by atoms with van der Waals surface area (Å²) < 4.78 is 16.1. The average molecular weight is 394 g/mol. The van der Waals surface area contributed by atoms with E-state index in [0.29, 0.717) is 26.2 Å². The lowest BCUT2D eigenvalue weighted by molar-refractivity contribution is -0.120. The highest BCUT2D eigenvalue weighted by Gasteiger charge is 2.10. The molecule has 1 aromatic heterocycles. The van der Waals surface area contributed by atoms with Crippen molar-refractivity contribution in [1.82, 2.24) is 10.5 Å². The van der Waals surface area contributed by atoms with Gasteiger partial charge in [0.15, 0.2) is 0 Å². The molecule has 29 heavy (non-hydrogen) atoms. The van der Waals surface area contributed by atoms with E-state index in [9.17, 15) is 4.79 Å². The van der Waals surface area contributed by atoms with Crippen LogP contribution in [-0.4, -0.2) is 18.2 Å². The summed E-state index contributed by atoms with van der Waals surface area (Å²) in [6.07, 6.45) is 0.316. The summed E-state index contributed by atoms with van der Waals surface area (Å²) in [4.78, 5) is 12.3. The highest BCUT2D eigenvalue weighted by molar-refractivity contribution is 5.78. The minimum absolute atomic E-state index is 0.0263. The number of benzene rings is 2. The molecule has 3 rings (SSSR count). The monoisotopic (exact) mass is 394 g/mol. The zero-order valence-electron chi connectivity index (χ0n) is 17.0. The molecule has 0 radical (unpaired) electrons. The van der Waals surface area contributed by atoms with Crippen LogP contribution in [0.5, 0.6) is 5.75 Å². The van der Waals surface area contributed by atoms with Crippen molar-refractivity contribution in [1.29, 1.82) is 0 Å². The van der Waals surface area contributed by atoms with Gasteiger partial charge in [-0.15, -0.1) is 0 Å². The predicted molar refractivity (Wildman–Crippen MR) is 109 cm³/mol. The molecule has 152 valence electrons. The first-order chi connectivity index (χ1) is 14.1. The first-order valence-corrected chi connectivity index (χ1v) is 9.52. The van der Waals surface area contributed by atoms with Gasteiger partial charge in [-0.2, -0.15) is 0 Å². The lowest BCUT2D eigenvalue weighted by Gasteiger charge is -2.10. The van der Waals surface area contributed by atoms with Crippen LogP contribution < -0.4 is 10.1 Å². The Balaban J connectivity index is 1.50. The summed E-state index contributed by atoms with van der Waals surface area (Å²) in [5.74, 6) is 1.48. The molecule has 3 aromatic rings. The third-order valence-electron chi connectivity index (χ3n) is 4.75. The van der Waals surface area contributed by atoms with E-state index in [0.717, 1.165) is 39.5 Å². The third-order valence-corrected chi connectivity index (χ3v) is 4.75. The fourth-order valence-corrected chi connectivity index (χ4v) is 3.03. The maximum absolute atomic E-state index is 12.3. The van der Waals surface area contributed by atoms with Crippen molar-refractivity contribution < 1.29 is 18.8 Å². The van der Waals surface area contributed by atoms with Gasteiger partial charge >= 0.3 is 0 Å². The molecule has 2 aromatic carbocycles. The zero-order chi connectivity index (χ0) is 20.6. The maximum Gasteiger partial charge on any atom is 0.224 e. The minimum Gasteiger partial charge on any atom is -0.489 e. The zero-order valence-corrected chi connectivity index (χ0v) is 17.0. The Bertz CT molecular complexity index is 928. The van der Waals surface area contributed by atoms with Crippen LogP contribution in [-0.2, 0) is 35.7 Å². The first kappa shape index (κ1) is 20.6. The Morgan fingerprint density at radius 1 is 1.03 bits per heavy atom. The van der Waals surface area contributed by atoms with E-state index < -0.39 is 0 Å². The van der Waals surface area contributed by atoms with Gasteiger partial charge in [0.25, 0.3) is 0 Å². The largest absolute Gasteiger partial charge is 0.489 e. The number of hydrogen-bond donors (Lipinski definition) is 1. The van der Waals surface area contributed by atoms with Gasteiger partial charge in [-0.3, -0.25) is 4.79 Å². The number of ether oxygens (including phenoxy) is 2.